The highest BCUT2D eigenvalue weighted by Crippen LogP contribution is 2.27. The molecule has 1 amide bonds. The highest BCUT2D eigenvalue weighted by atomic mass is 16.5. The Morgan fingerprint density at radius 2 is 2.56 bits per heavy atom. The first kappa shape index (κ1) is 13.0. The maximum Gasteiger partial charge on any atom is 0.230 e. The Balaban J connectivity index is 1.96. The van der Waals surface area contributed by atoms with Crippen LogP contribution in [-0.4, -0.2) is 39.9 Å². The van der Waals surface area contributed by atoms with Crippen molar-refractivity contribution in [2.24, 2.45) is 11.1 Å². The van der Waals surface area contributed by atoms with Gasteiger partial charge in [0.05, 0.1) is 25.2 Å². The van der Waals surface area contributed by atoms with Crippen LogP contribution in [0.25, 0.3) is 0 Å². The number of carbonyl (C=O) groups excluding carboxylic acids is 1. The number of ether oxygens (including phenoxy) is 1. The molecule has 0 saturated carbocycles. The van der Waals surface area contributed by atoms with Crippen LogP contribution in [0.4, 0.5) is 0 Å². The molecule has 1 saturated heterocycles. The molecule has 0 spiro atoms. The normalized spacial score (nSPS) is 27.4. The Kier molecular flexibility index (Phi) is 3.63. The number of nitrogens with one attached hydrogen (secondary N) is 1. The largest absolute Gasteiger partial charge is 0.379 e. The fraction of sp³-hybridized carbons (Fsp3) is 0.727. The van der Waals surface area contributed by atoms with Gasteiger partial charge < -0.3 is 20.4 Å². The summed E-state index contributed by atoms with van der Waals surface area (Å²) in [6.07, 6.45) is 1.65. The van der Waals surface area contributed by atoms with Crippen molar-refractivity contribution in [3.8, 4) is 0 Å². The first-order valence-electron chi connectivity index (χ1n) is 6.06. The number of nitrogens with two attached hydrogens (primary N) is 1. The molecule has 0 radical (unpaired) electrons. The van der Waals surface area contributed by atoms with Crippen LogP contribution >= 0.6 is 0 Å². The predicted molar refractivity (Wildman–Crippen MR) is 64.4 cm³/mol. The van der Waals surface area contributed by atoms with E-state index >= 15 is 0 Å². The average molecular weight is 253 g/mol. The van der Waals surface area contributed by atoms with E-state index in [2.05, 4.69) is 15.5 Å². The van der Waals surface area contributed by atoms with Crippen molar-refractivity contribution >= 4 is 5.91 Å². The van der Waals surface area contributed by atoms with E-state index in [1.807, 2.05) is 18.4 Å². The van der Waals surface area contributed by atoms with Crippen molar-refractivity contribution in [3.63, 3.8) is 0 Å². The third-order valence-corrected chi connectivity index (χ3v) is 3.48. The molecule has 2 unspecified atom stereocenters. The fourth-order valence-electron chi connectivity index (χ4n) is 1.96. The summed E-state index contributed by atoms with van der Waals surface area (Å²) in [5.74, 6) is 0.639. The molecule has 1 aromatic rings. The Labute approximate surface area is 106 Å². The van der Waals surface area contributed by atoms with E-state index in [4.69, 9.17) is 10.5 Å². The van der Waals surface area contributed by atoms with Gasteiger partial charge in [0.2, 0.25) is 5.91 Å². The Morgan fingerprint density at radius 1 is 1.78 bits per heavy atom. The number of aromatic nitrogens is 3. The molecular weight excluding hydrogens is 234 g/mol. The van der Waals surface area contributed by atoms with E-state index in [-0.39, 0.29) is 11.9 Å². The van der Waals surface area contributed by atoms with Gasteiger partial charge in [0.1, 0.15) is 6.33 Å². The molecular formula is C11H19N5O2. The van der Waals surface area contributed by atoms with Gasteiger partial charge in [-0.05, 0) is 13.8 Å². The number of aryl methyl sites for hydroxylation is 1. The zero-order valence-electron chi connectivity index (χ0n) is 10.7. The van der Waals surface area contributed by atoms with Crippen molar-refractivity contribution in [2.75, 3.05) is 13.2 Å². The molecule has 18 heavy (non-hydrogen) atoms. The molecule has 100 valence electrons. The molecule has 0 bridgehead atoms. The fourth-order valence-corrected chi connectivity index (χ4v) is 1.96. The highest BCUT2D eigenvalue weighted by Gasteiger charge is 2.44. The standard InChI is InChI=1S/C11H19N5O2/c1-3-16-7-14-15-9(16)4-13-10(17)11(2)6-18-5-8(11)12/h7-8H,3-6,12H2,1-2H3,(H,13,17). The molecule has 1 fully saturated rings. The molecule has 2 heterocycles. The topological polar surface area (TPSA) is 95.1 Å². The Bertz CT molecular complexity index is 433. The summed E-state index contributed by atoms with van der Waals surface area (Å²) < 4.78 is 7.14. The van der Waals surface area contributed by atoms with Crippen molar-refractivity contribution in [1.82, 2.24) is 20.1 Å². The van der Waals surface area contributed by atoms with Crippen molar-refractivity contribution < 1.29 is 9.53 Å². The lowest BCUT2D eigenvalue weighted by atomic mass is 9.85. The summed E-state index contributed by atoms with van der Waals surface area (Å²) >= 11 is 0. The van der Waals surface area contributed by atoms with E-state index in [0.29, 0.717) is 19.8 Å². The molecule has 2 atom stereocenters. The second-order valence-corrected chi connectivity index (χ2v) is 4.75. The lowest BCUT2D eigenvalue weighted by molar-refractivity contribution is -0.130. The Morgan fingerprint density at radius 3 is 3.17 bits per heavy atom. The summed E-state index contributed by atoms with van der Waals surface area (Å²) in [4.78, 5) is 12.1. The lowest BCUT2D eigenvalue weighted by Gasteiger charge is -2.25. The molecule has 1 aliphatic heterocycles. The van der Waals surface area contributed by atoms with Crippen LogP contribution in [0, 0.1) is 5.41 Å². The number of nitrogens with zero attached hydrogens (tertiary/aromatic N) is 3. The van der Waals surface area contributed by atoms with E-state index in [1.54, 1.807) is 6.33 Å². The Hall–Kier alpha value is -1.47. The van der Waals surface area contributed by atoms with Crippen LogP contribution in [0.5, 0.6) is 0 Å². The molecule has 7 heteroatoms. The van der Waals surface area contributed by atoms with Crippen molar-refractivity contribution in [1.29, 1.82) is 0 Å². The van der Waals surface area contributed by atoms with E-state index in [1.165, 1.54) is 0 Å². The summed E-state index contributed by atoms with van der Waals surface area (Å²) in [5, 5.41) is 10.6. The van der Waals surface area contributed by atoms with Gasteiger partial charge >= 0.3 is 0 Å². The first-order chi connectivity index (χ1) is 8.58. The predicted octanol–water partition coefficient (Wildman–Crippen LogP) is -0.722. The average Bonchev–Trinajstić information content (AvgIpc) is 2.94. The number of hydrogen-bond donors (Lipinski definition) is 2. The summed E-state index contributed by atoms with van der Waals surface area (Å²) in [5.41, 5.74) is 5.24. The highest BCUT2D eigenvalue weighted by molar-refractivity contribution is 5.83. The summed E-state index contributed by atoms with van der Waals surface area (Å²) in [7, 11) is 0. The number of amides is 1. The zero-order chi connectivity index (χ0) is 13.2. The third kappa shape index (κ3) is 2.23. The molecule has 1 aromatic heterocycles. The second kappa shape index (κ2) is 5.03. The van der Waals surface area contributed by atoms with Crippen LogP contribution in [-0.2, 0) is 22.6 Å². The smallest absolute Gasteiger partial charge is 0.230 e. The number of carbonyl (C=O) groups is 1. The van der Waals surface area contributed by atoms with Crippen LogP contribution < -0.4 is 11.1 Å². The maximum atomic E-state index is 12.1. The molecule has 0 aliphatic carbocycles. The van der Waals surface area contributed by atoms with Crippen LogP contribution in [0.15, 0.2) is 6.33 Å². The van der Waals surface area contributed by atoms with Gasteiger partial charge in [-0.3, -0.25) is 4.79 Å². The molecule has 0 aromatic carbocycles. The molecule has 1 aliphatic rings. The molecule has 3 N–H and O–H groups in total. The van der Waals surface area contributed by atoms with Crippen LogP contribution in [0.3, 0.4) is 0 Å². The van der Waals surface area contributed by atoms with Gasteiger partial charge in [0.25, 0.3) is 0 Å². The molecule has 7 nitrogen and oxygen atoms in total. The van der Waals surface area contributed by atoms with E-state index in [9.17, 15) is 4.79 Å². The minimum atomic E-state index is -0.656. The van der Waals surface area contributed by atoms with Gasteiger partial charge in [-0.1, -0.05) is 0 Å². The maximum absolute atomic E-state index is 12.1. The quantitative estimate of drug-likeness (QED) is 0.738. The monoisotopic (exact) mass is 253 g/mol. The van der Waals surface area contributed by atoms with Crippen molar-refractivity contribution in [3.05, 3.63) is 12.2 Å². The van der Waals surface area contributed by atoms with Crippen LogP contribution in [0.2, 0.25) is 0 Å². The first-order valence-corrected chi connectivity index (χ1v) is 6.06. The van der Waals surface area contributed by atoms with Crippen molar-refractivity contribution in [2.45, 2.75) is 33.0 Å². The van der Waals surface area contributed by atoms with Gasteiger partial charge in [0.15, 0.2) is 5.82 Å². The SMILES string of the molecule is CCn1cnnc1CNC(=O)C1(C)COCC1N. The third-order valence-electron chi connectivity index (χ3n) is 3.48. The lowest BCUT2D eigenvalue weighted by Crippen LogP contribution is -2.49. The number of rotatable bonds is 4. The zero-order valence-corrected chi connectivity index (χ0v) is 10.7. The van der Waals surface area contributed by atoms with Crippen LogP contribution in [0.1, 0.15) is 19.7 Å². The second-order valence-electron chi connectivity index (χ2n) is 4.75. The van der Waals surface area contributed by atoms with E-state index < -0.39 is 5.41 Å². The molecule has 2 rings (SSSR count). The summed E-state index contributed by atoms with van der Waals surface area (Å²) in [6, 6.07) is -0.262. The van der Waals surface area contributed by atoms with Gasteiger partial charge in [-0.2, -0.15) is 0 Å². The minimum absolute atomic E-state index is 0.0989. The van der Waals surface area contributed by atoms with Gasteiger partial charge in [-0.25, -0.2) is 0 Å². The number of hydrogen-bond acceptors (Lipinski definition) is 5. The summed E-state index contributed by atoms with van der Waals surface area (Å²) in [6.45, 7) is 5.74. The minimum Gasteiger partial charge on any atom is -0.379 e. The van der Waals surface area contributed by atoms with Gasteiger partial charge in [0, 0.05) is 12.6 Å². The van der Waals surface area contributed by atoms with Gasteiger partial charge in [-0.15, -0.1) is 10.2 Å². The van der Waals surface area contributed by atoms with E-state index in [0.717, 1.165) is 12.4 Å².